The summed E-state index contributed by atoms with van der Waals surface area (Å²) in [6.45, 7) is 0.981. The summed E-state index contributed by atoms with van der Waals surface area (Å²) < 4.78 is 33.2. The fourth-order valence-corrected chi connectivity index (χ4v) is 2.89. The van der Waals surface area contributed by atoms with Gasteiger partial charge in [-0.2, -0.15) is 8.42 Å². The third kappa shape index (κ3) is 4.00. The third-order valence-electron chi connectivity index (χ3n) is 3.57. The molecule has 0 aliphatic carbocycles. The highest BCUT2D eigenvalue weighted by molar-refractivity contribution is 7.85. The Hall–Kier alpha value is -2.12. The van der Waals surface area contributed by atoms with Gasteiger partial charge in [0.15, 0.2) is 11.6 Å². The molecule has 6 nitrogen and oxygen atoms in total. The molecule has 0 unspecified atom stereocenters. The number of aromatic nitrogens is 1. The maximum Gasteiger partial charge on any atom is 0.264 e. The number of rotatable bonds is 5. The molecule has 1 aromatic carbocycles. The van der Waals surface area contributed by atoms with Gasteiger partial charge < -0.3 is 9.64 Å². The normalized spacial score (nSPS) is 17.4. The van der Waals surface area contributed by atoms with Crippen LogP contribution in [0, 0.1) is 0 Å². The van der Waals surface area contributed by atoms with Crippen LogP contribution in [-0.2, 0) is 20.8 Å². The summed E-state index contributed by atoms with van der Waals surface area (Å²) in [5.41, 5.74) is 1.11. The highest BCUT2D eigenvalue weighted by Crippen LogP contribution is 2.32. The van der Waals surface area contributed by atoms with Gasteiger partial charge in [-0.25, -0.2) is 4.98 Å². The van der Waals surface area contributed by atoms with Crippen molar-refractivity contribution in [3.05, 3.63) is 54.2 Å². The van der Waals surface area contributed by atoms with Gasteiger partial charge in [0.1, 0.15) is 6.61 Å². The van der Waals surface area contributed by atoms with Gasteiger partial charge in [0.2, 0.25) is 0 Å². The lowest BCUT2D eigenvalue weighted by atomic mass is 10.1. The molecular formula is C16H18N2O4S. The third-order valence-corrected chi connectivity index (χ3v) is 4.13. The molecule has 3 rings (SSSR count). The Morgan fingerprint density at radius 1 is 1.26 bits per heavy atom. The Morgan fingerprint density at radius 2 is 2.04 bits per heavy atom. The molecule has 1 atom stereocenters. The summed E-state index contributed by atoms with van der Waals surface area (Å²) in [5, 5.41) is 0. The quantitative estimate of drug-likeness (QED) is 0.777. The molecule has 1 aromatic heterocycles. The van der Waals surface area contributed by atoms with Gasteiger partial charge in [-0.05, 0) is 17.7 Å². The lowest BCUT2D eigenvalue weighted by molar-refractivity contribution is 0.201. The van der Waals surface area contributed by atoms with Gasteiger partial charge in [0.05, 0.1) is 18.9 Å². The Bertz CT molecular complexity index is 765. The highest BCUT2D eigenvalue weighted by atomic mass is 32.2. The van der Waals surface area contributed by atoms with Crippen LogP contribution < -0.4 is 9.64 Å². The SMILES string of the molecule is CS(=O)(=O)OC[C@@H]1COc2cccnc2N1Cc1ccccc1. The molecule has 0 amide bonds. The first-order valence-electron chi connectivity index (χ1n) is 7.26. The van der Waals surface area contributed by atoms with Crippen molar-refractivity contribution >= 4 is 15.9 Å². The van der Waals surface area contributed by atoms with E-state index >= 15 is 0 Å². The average Bonchev–Trinajstić information content (AvgIpc) is 2.54. The fraction of sp³-hybridized carbons (Fsp3) is 0.312. The number of benzene rings is 1. The van der Waals surface area contributed by atoms with Crippen molar-refractivity contribution in [3.63, 3.8) is 0 Å². The summed E-state index contributed by atoms with van der Waals surface area (Å²) in [6, 6.07) is 13.4. The molecule has 0 N–H and O–H groups in total. The van der Waals surface area contributed by atoms with Gasteiger partial charge in [-0.1, -0.05) is 30.3 Å². The van der Waals surface area contributed by atoms with Crippen molar-refractivity contribution in [2.45, 2.75) is 12.6 Å². The molecule has 2 heterocycles. The number of nitrogens with zero attached hydrogens (tertiary/aromatic N) is 2. The first kappa shape index (κ1) is 15.8. The van der Waals surface area contributed by atoms with E-state index < -0.39 is 10.1 Å². The summed E-state index contributed by atoms with van der Waals surface area (Å²) in [6.07, 6.45) is 2.74. The van der Waals surface area contributed by atoms with E-state index in [1.165, 1.54) is 0 Å². The zero-order chi connectivity index (χ0) is 16.3. The van der Waals surface area contributed by atoms with Crippen LogP contribution in [0.5, 0.6) is 5.75 Å². The van der Waals surface area contributed by atoms with Crippen LogP contribution in [0.3, 0.4) is 0 Å². The first-order valence-corrected chi connectivity index (χ1v) is 9.07. The second-order valence-electron chi connectivity index (χ2n) is 5.39. The minimum Gasteiger partial charge on any atom is -0.487 e. The van der Waals surface area contributed by atoms with Gasteiger partial charge >= 0.3 is 0 Å². The minimum atomic E-state index is -3.50. The second kappa shape index (κ2) is 6.55. The number of pyridine rings is 1. The standard InChI is InChI=1S/C16H18N2O4S/c1-23(19,20)22-12-14-11-21-15-8-5-9-17-16(15)18(14)10-13-6-3-2-4-7-13/h2-9,14H,10-12H2,1H3/t14-/m0/s1. The monoisotopic (exact) mass is 334 g/mol. The molecule has 0 radical (unpaired) electrons. The Balaban J connectivity index is 1.87. The Morgan fingerprint density at radius 3 is 2.78 bits per heavy atom. The molecule has 23 heavy (non-hydrogen) atoms. The van der Waals surface area contributed by atoms with E-state index in [9.17, 15) is 8.42 Å². The largest absolute Gasteiger partial charge is 0.487 e. The predicted octanol–water partition coefficient (Wildman–Crippen LogP) is 1.83. The lowest BCUT2D eigenvalue weighted by Crippen LogP contribution is -2.46. The smallest absolute Gasteiger partial charge is 0.264 e. The summed E-state index contributed by atoms with van der Waals surface area (Å²) in [5.74, 6) is 1.39. The summed E-state index contributed by atoms with van der Waals surface area (Å²) >= 11 is 0. The molecule has 0 saturated carbocycles. The van der Waals surface area contributed by atoms with E-state index in [4.69, 9.17) is 8.92 Å². The number of ether oxygens (including phenoxy) is 1. The van der Waals surface area contributed by atoms with Gasteiger partial charge in [0.25, 0.3) is 10.1 Å². The molecule has 0 fully saturated rings. The van der Waals surface area contributed by atoms with Crippen LogP contribution in [0.25, 0.3) is 0 Å². The number of hydrogen-bond donors (Lipinski definition) is 0. The molecule has 122 valence electrons. The van der Waals surface area contributed by atoms with Crippen LogP contribution in [0.1, 0.15) is 5.56 Å². The maximum absolute atomic E-state index is 11.3. The lowest BCUT2D eigenvalue weighted by Gasteiger charge is -2.37. The zero-order valence-electron chi connectivity index (χ0n) is 12.8. The van der Waals surface area contributed by atoms with Crippen molar-refractivity contribution in [2.75, 3.05) is 24.4 Å². The zero-order valence-corrected chi connectivity index (χ0v) is 13.6. The van der Waals surface area contributed by atoms with Crippen LogP contribution in [0.4, 0.5) is 5.82 Å². The molecule has 1 aliphatic heterocycles. The maximum atomic E-state index is 11.3. The minimum absolute atomic E-state index is 0.0294. The molecule has 0 bridgehead atoms. The topological polar surface area (TPSA) is 68.7 Å². The first-order chi connectivity index (χ1) is 11.0. The van der Waals surface area contributed by atoms with Crippen LogP contribution in [-0.4, -0.2) is 38.9 Å². The summed E-state index contributed by atoms with van der Waals surface area (Å²) in [7, 11) is -3.50. The van der Waals surface area contributed by atoms with Crippen molar-refractivity contribution in [1.29, 1.82) is 0 Å². The van der Waals surface area contributed by atoms with E-state index in [0.717, 1.165) is 11.8 Å². The molecule has 0 spiro atoms. The van der Waals surface area contributed by atoms with Gasteiger partial charge in [-0.3, -0.25) is 4.18 Å². The van der Waals surface area contributed by atoms with Gasteiger partial charge in [-0.15, -0.1) is 0 Å². The second-order valence-corrected chi connectivity index (χ2v) is 7.04. The highest BCUT2D eigenvalue weighted by Gasteiger charge is 2.29. The van der Waals surface area contributed by atoms with Crippen molar-refractivity contribution < 1.29 is 17.3 Å². The molecule has 1 aliphatic rings. The number of fused-ring (bicyclic) bond motifs is 1. The number of hydrogen-bond acceptors (Lipinski definition) is 6. The van der Waals surface area contributed by atoms with Crippen LogP contribution in [0.2, 0.25) is 0 Å². The van der Waals surface area contributed by atoms with E-state index in [1.807, 2.05) is 47.4 Å². The van der Waals surface area contributed by atoms with Crippen molar-refractivity contribution in [3.8, 4) is 5.75 Å². The van der Waals surface area contributed by atoms with Crippen molar-refractivity contribution in [2.24, 2.45) is 0 Å². The molecule has 0 saturated heterocycles. The Labute approximate surface area is 135 Å². The molecule has 2 aromatic rings. The average molecular weight is 334 g/mol. The van der Waals surface area contributed by atoms with E-state index in [1.54, 1.807) is 6.20 Å². The summed E-state index contributed by atoms with van der Waals surface area (Å²) in [4.78, 5) is 6.41. The van der Waals surface area contributed by atoms with E-state index in [-0.39, 0.29) is 12.6 Å². The van der Waals surface area contributed by atoms with E-state index in [2.05, 4.69) is 4.98 Å². The molecular weight excluding hydrogens is 316 g/mol. The molecule has 7 heteroatoms. The van der Waals surface area contributed by atoms with E-state index in [0.29, 0.717) is 24.7 Å². The van der Waals surface area contributed by atoms with Crippen molar-refractivity contribution in [1.82, 2.24) is 4.98 Å². The number of anilines is 1. The Kier molecular flexibility index (Phi) is 4.49. The van der Waals surface area contributed by atoms with Crippen LogP contribution >= 0.6 is 0 Å². The van der Waals surface area contributed by atoms with Crippen LogP contribution in [0.15, 0.2) is 48.7 Å². The van der Waals surface area contributed by atoms with Gasteiger partial charge in [0, 0.05) is 12.7 Å². The predicted molar refractivity (Wildman–Crippen MR) is 86.9 cm³/mol. The fourth-order valence-electron chi connectivity index (χ4n) is 2.48.